The van der Waals surface area contributed by atoms with Crippen molar-refractivity contribution in [3.8, 4) is 6.07 Å². The Bertz CT molecular complexity index is 2000. The minimum absolute atomic E-state index is 0.670. The van der Waals surface area contributed by atoms with Crippen molar-refractivity contribution in [3.63, 3.8) is 0 Å². The van der Waals surface area contributed by atoms with Crippen LogP contribution in [0.2, 0.25) is 0 Å². The molecule has 0 spiro atoms. The smallest absolute Gasteiger partial charge is 0.101 e. The molecule has 0 unspecified atom stereocenters. The van der Waals surface area contributed by atoms with E-state index in [1.165, 1.54) is 49.6 Å². The summed E-state index contributed by atoms with van der Waals surface area (Å²) in [7, 11) is 0. The predicted molar refractivity (Wildman–Crippen MR) is 170 cm³/mol. The maximum absolute atomic E-state index is 10.1. The molecule has 0 radical (unpaired) electrons. The van der Waals surface area contributed by atoms with Gasteiger partial charge in [0.15, 0.2) is 0 Å². The number of hydrogen-bond acceptors (Lipinski definition) is 3. The zero-order valence-electron chi connectivity index (χ0n) is 22.8. The molecule has 0 N–H and O–H groups in total. The summed E-state index contributed by atoms with van der Waals surface area (Å²) >= 11 is 0. The van der Waals surface area contributed by atoms with Gasteiger partial charge in [0, 0.05) is 29.0 Å². The number of para-hydroxylation sites is 3. The monoisotopic (exact) mass is 527 g/mol. The Morgan fingerprint density at radius 2 is 1.41 bits per heavy atom. The third-order valence-corrected chi connectivity index (χ3v) is 8.87. The van der Waals surface area contributed by atoms with Gasteiger partial charge in [0.1, 0.15) is 6.07 Å². The minimum atomic E-state index is 0.670. The molecule has 3 nitrogen and oxygen atoms in total. The molecular weight excluding hydrogens is 498 g/mol. The molecule has 196 valence electrons. The largest absolute Gasteiger partial charge is 0.341 e. The molecule has 8 rings (SSSR count). The third kappa shape index (κ3) is 3.72. The Morgan fingerprint density at radius 1 is 0.610 bits per heavy atom. The maximum Gasteiger partial charge on any atom is 0.101 e. The molecule has 0 atom stereocenters. The molecule has 2 aliphatic rings. The van der Waals surface area contributed by atoms with E-state index < -0.39 is 0 Å². The second-order valence-electron chi connectivity index (χ2n) is 11.1. The van der Waals surface area contributed by atoms with Gasteiger partial charge >= 0.3 is 0 Å². The van der Waals surface area contributed by atoms with Crippen LogP contribution in [-0.4, -0.2) is 6.54 Å². The summed E-state index contributed by atoms with van der Waals surface area (Å²) in [5.41, 5.74) is 10.6. The summed E-state index contributed by atoms with van der Waals surface area (Å²) in [6.45, 7) is 1.03. The van der Waals surface area contributed by atoms with Crippen molar-refractivity contribution in [1.82, 2.24) is 0 Å². The molecule has 0 fully saturated rings. The van der Waals surface area contributed by atoms with Crippen LogP contribution in [0, 0.1) is 11.3 Å². The molecule has 0 bridgehead atoms. The van der Waals surface area contributed by atoms with Crippen LogP contribution in [0.25, 0.3) is 21.5 Å². The zero-order chi connectivity index (χ0) is 27.3. The van der Waals surface area contributed by atoms with E-state index >= 15 is 0 Å². The highest BCUT2D eigenvalue weighted by molar-refractivity contribution is 6.17. The third-order valence-electron chi connectivity index (χ3n) is 8.87. The molecule has 6 aromatic rings. The highest BCUT2D eigenvalue weighted by atomic mass is 15.2. The molecule has 0 saturated heterocycles. The van der Waals surface area contributed by atoms with Crippen molar-refractivity contribution in [2.75, 3.05) is 16.3 Å². The van der Waals surface area contributed by atoms with Crippen molar-refractivity contribution in [2.45, 2.75) is 25.7 Å². The van der Waals surface area contributed by atoms with E-state index in [0.29, 0.717) is 5.56 Å². The Kier molecular flexibility index (Phi) is 5.53. The zero-order valence-corrected chi connectivity index (χ0v) is 22.8. The van der Waals surface area contributed by atoms with E-state index in [0.717, 1.165) is 49.3 Å². The number of nitriles is 1. The van der Waals surface area contributed by atoms with Crippen molar-refractivity contribution in [2.24, 2.45) is 0 Å². The number of aryl methyl sites for hydroxylation is 3. The lowest BCUT2D eigenvalue weighted by atomic mass is 9.84. The van der Waals surface area contributed by atoms with Crippen LogP contribution in [0.5, 0.6) is 0 Å². The summed E-state index contributed by atoms with van der Waals surface area (Å²) in [5.74, 6) is 0. The van der Waals surface area contributed by atoms with Gasteiger partial charge in [-0.3, -0.25) is 0 Å². The molecule has 0 saturated carbocycles. The molecular formula is C38H29N3. The summed E-state index contributed by atoms with van der Waals surface area (Å²) in [4.78, 5) is 4.81. The van der Waals surface area contributed by atoms with Gasteiger partial charge in [-0.15, -0.1) is 0 Å². The minimum Gasteiger partial charge on any atom is -0.341 e. The lowest BCUT2D eigenvalue weighted by molar-refractivity contribution is 0.768. The SMILES string of the molecule is N#Cc1ccccc1N(c1ccccc1)c1ccc2ccc3c(N4CCCc5ccccc54)ccc4c3c2c1CC4. The molecule has 6 aromatic carbocycles. The van der Waals surface area contributed by atoms with Gasteiger partial charge < -0.3 is 9.80 Å². The van der Waals surface area contributed by atoms with Crippen molar-refractivity contribution in [3.05, 3.63) is 138 Å². The van der Waals surface area contributed by atoms with Crippen molar-refractivity contribution >= 4 is 50.0 Å². The van der Waals surface area contributed by atoms with E-state index in [2.05, 4.69) is 107 Å². The maximum atomic E-state index is 10.1. The second kappa shape index (κ2) is 9.54. The highest BCUT2D eigenvalue weighted by Crippen LogP contribution is 2.47. The Labute approximate surface area is 240 Å². The molecule has 0 aromatic heterocycles. The average molecular weight is 528 g/mol. The van der Waals surface area contributed by atoms with Gasteiger partial charge in [-0.1, -0.05) is 72.8 Å². The highest BCUT2D eigenvalue weighted by Gasteiger charge is 2.26. The average Bonchev–Trinajstić information content (AvgIpc) is 3.04. The van der Waals surface area contributed by atoms with Crippen LogP contribution in [0.15, 0.2) is 115 Å². The Morgan fingerprint density at radius 3 is 2.32 bits per heavy atom. The van der Waals surface area contributed by atoms with E-state index in [1.54, 1.807) is 0 Å². The van der Waals surface area contributed by atoms with E-state index in [4.69, 9.17) is 0 Å². The van der Waals surface area contributed by atoms with Gasteiger partial charge in [-0.25, -0.2) is 0 Å². The first-order chi connectivity index (χ1) is 20.3. The van der Waals surface area contributed by atoms with Crippen LogP contribution in [0.1, 0.15) is 28.7 Å². The molecule has 0 amide bonds. The normalized spacial score (nSPS) is 13.8. The fraction of sp³-hybridized carbons (Fsp3) is 0.132. The van der Waals surface area contributed by atoms with E-state index in [9.17, 15) is 5.26 Å². The lowest BCUT2D eigenvalue weighted by Gasteiger charge is -2.34. The summed E-state index contributed by atoms with van der Waals surface area (Å²) < 4.78 is 0. The van der Waals surface area contributed by atoms with Gasteiger partial charge in [-0.2, -0.15) is 5.26 Å². The number of nitrogens with zero attached hydrogens (tertiary/aromatic N) is 3. The topological polar surface area (TPSA) is 30.3 Å². The molecule has 3 heteroatoms. The van der Waals surface area contributed by atoms with Crippen molar-refractivity contribution in [1.29, 1.82) is 5.26 Å². The van der Waals surface area contributed by atoms with Crippen molar-refractivity contribution < 1.29 is 0 Å². The van der Waals surface area contributed by atoms with Gasteiger partial charge in [-0.05, 0) is 101 Å². The number of anilines is 5. The quantitative estimate of drug-likeness (QED) is 0.214. The Hall–Kier alpha value is -5.07. The van der Waals surface area contributed by atoms with Gasteiger partial charge in [0.25, 0.3) is 0 Å². The second-order valence-corrected chi connectivity index (χ2v) is 11.1. The number of benzene rings is 6. The molecule has 1 heterocycles. The van der Waals surface area contributed by atoms with Gasteiger partial charge in [0.05, 0.1) is 16.9 Å². The molecule has 1 aliphatic carbocycles. The number of rotatable bonds is 4. The number of hydrogen-bond donors (Lipinski definition) is 0. The number of fused-ring (bicyclic) bond motifs is 1. The van der Waals surface area contributed by atoms with Crippen LogP contribution in [-0.2, 0) is 19.3 Å². The van der Waals surface area contributed by atoms with Crippen LogP contribution in [0.3, 0.4) is 0 Å². The van der Waals surface area contributed by atoms with E-state index in [-0.39, 0.29) is 0 Å². The van der Waals surface area contributed by atoms with Crippen LogP contribution < -0.4 is 9.80 Å². The molecule has 41 heavy (non-hydrogen) atoms. The predicted octanol–water partition coefficient (Wildman–Crippen LogP) is 9.52. The first-order valence-electron chi connectivity index (χ1n) is 14.5. The summed E-state index contributed by atoms with van der Waals surface area (Å²) in [5, 5.41) is 15.4. The first-order valence-corrected chi connectivity index (χ1v) is 14.5. The summed E-state index contributed by atoms with van der Waals surface area (Å²) in [6.07, 6.45) is 4.26. The Balaban J connectivity index is 1.40. The van der Waals surface area contributed by atoms with Crippen LogP contribution in [0.4, 0.5) is 28.4 Å². The first kappa shape index (κ1) is 23.8. The standard InChI is InChI=1S/C38H29N3/c39-25-29-10-5-7-15-34(29)41(30-12-2-1-3-13-30)36-23-19-28-16-20-31-35(22-18-27-17-21-32(36)38(28)37(27)31)40-24-8-11-26-9-4-6-14-33(26)40/h1-7,9-10,12-16,18-20,22-23H,8,11,17,21,24H2. The lowest BCUT2D eigenvalue weighted by Crippen LogP contribution is -2.24. The van der Waals surface area contributed by atoms with E-state index in [1.807, 2.05) is 24.3 Å². The fourth-order valence-electron chi connectivity index (χ4n) is 7.08. The molecule has 1 aliphatic heterocycles. The van der Waals surface area contributed by atoms with Crippen LogP contribution >= 0.6 is 0 Å². The fourth-order valence-corrected chi connectivity index (χ4v) is 7.08. The summed E-state index contributed by atoms with van der Waals surface area (Å²) in [6, 6.07) is 43.5. The van der Waals surface area contributed by atoms with Gasteiger partial charge in [0.2, 0.25) is 0 Å².